The van der Waals surface area contributed by atoms with E-state index < -0.39 is 0 Å². The predicted molar refractivity (Wildman–Crippen MR) is 98.3 cm³/mol. The van der Waals surface area contributed by atoms with Crippen LogP contribution in [0, 0.1) is 5.92 Å². The van der Waals surface area contributed by atoms with Crippen LogP contribution in [0.2, 0.25) is 0 Å². The summed E-state index contributed by atoms with van der Waals surface area (Å²) >= 11 is 0. The molecule has 0 radical (unpaired) electrons. The number of pyridine rings is 1. The Labute approximate surface area is 149 Å². The van der Waals surface area contributed by atoms with Gasteiger partial charge in [0.25, 0.3) is 0 Å². The van der Waals surface area contributed by atoms with Crippen molar-refractivity contribution < 1.29 is 4.74 Å². The Balaban J connectivity index is 1.42. The number of hydrogen-bond donors (Lipinski definition) is 1. The topological polar surface area (TPSA) is 66.0 Å². The summed E-state index contributed by atoms with van der Waals surface area (Å²) in [6.07, 6.45) is 11.1. The molecule has 5 heteroatoms. The van der Waals surface area contributed by atoms with Gasteiger partial charge >= 0.3 is 0 Å². The predicted octanol–water partition coefficient (Wildman–Crippen LogP) is 3.53. The van der Waals surface area contributed by atoms with Crippen LogP contribution in [0.5, 0.6) is 0 Å². The molecule has 0 spiro atoms. The molecule has 3 heterocycles. The first-order valence-electron chi connectivity index (χ1n) is 9.63. The molecule has 2 aromatic rings. The minimum absolute atomic E-state index is 0.527. The highest BCUT2D eigenvalue weighted by atomic mass is 16.5. The SMILES string of the molecule is NCCCC1CC(n2cc(-c3cccc(C4CCOCC4)n3)cn2)C1. The van der Waals surface area contributed by atoms with Crippen LogP contribution in [0.4, 0.5) is 0 Å². The van der Waals surface area contributed by atoms with Gasteiger partial charge in [-0.05, 0) is 63.1 Å². The Hall–Kier alpha value is -1.72. The molecule has 2 aliphatic rings. The van der Waals surface area contributed by atoms with Crippen molar-refractivity contribution >= 4 is 0 Å². The maximum Gasteiger partial charge on any atom is 0.0736 e. The monoisotopic (exact) mass is 340 g/mol. The molecular formula is C20H28N4O. The number of nitrogens with two attached hydrogens (primary N) is 1. The summed E-state index contributed by atoms with van der Waals surface area (Å²) < 4.78 is 7.61. The molecule has 1 aliphatic carbocycles. The van der Waals surface area contributed by atoms with E-state index in [1.165, 1.54) is 25.0 Å². The first-order valence-corrected chi connectivity index (χ1v) is 9.63. The van der Waals surface area contributed by atoms with Gasteiger partial charge < -0.3 is 10.5 Å². The summed E-state index contributed by atoms with van der Waals surface area (Å²) in [5.41, 5.74) is 8.96. The lowest BCUT2D eigenvalue weighted by atomic mass is 9.77. The summed E-state index contributed by atoms with van der Waals surface area (Å²) in [6, 6.07) is 6.92. The van der Waals surface area contributed by atoms with Gasteiger partial charge in [0.2, 0.25) is 0 Å². The Morgan fingerprint density at radius 3 is 2.84 bits per heavy atom. The Morgan fingerprint density at radius 1 is 1.20 bits per heavy atom. The van der Waals surface area contributed by atoms with E-state index in [0.717, 1.165) is 56.2 Å². The van der Waals surface area contributed by atoms with Crippen LogP contribution in [0.25, 0.3) is 11.3 Å². The molecule has 5 nitrogen and oxygen atoms in total. The Kier molecular flexibility index (Phi) is 5.13. The average Bonchev–Trinajstić information content (AvgIpc) is 3.11. The smallest absolute Gasteiger partial charge is 0.0736 e. The molecule has 1 aliphatic heterocycles. The van der Waals surface area contributed by atoms with Gasteiger partial charge in [-0.25, -0.2) is 0 Å². The van der Waals surface area contributed by atoms with Gasteiger partial charge in [-0.1, -0.05) is 6.07 Å². The van der Waals surface area contributed by atoms with Crippen molar-refractivity contribution in [2.45, 2.75) is 50.5 Å². The third-order valence-corrected chi connectivity index (χ3v) is 5.71. The Morgan fingerprint density at radius 2 is 2.04 bits per heavy atom. The van der Waals surface area contributed by atoms with Crippen molar-refractivity contribution in [3.8, 4) is 11.3 Å². The van der Waals surface area contributed by atoms with E-state index in [-0.39, 0.29) is 0 Å². The molecule has 0 atom stereocenters. The van der Waals surface area contributed by atoms with Crippen molar-refractivity contribution in [1.82, 2.24) is 14.8 Å². The summed E-state index contributed by atoms with van der Waals surface area (Å²) in [5.74, 6) is 1.36. The molecule has 25 heavy (non-hydrogen) atoms. The standard InChI is InChI=1S/C20H28N4O/c21-8-2-3-15-11-18(12-15)24-14-17(13-22-24)20-5-1-4-19(23-20)16-6-9-25-10-7-16/h1,4-5,13-16,18H,2-3,6-12,21H2. The van der Waals surface area contributed by atoms with Crippen molar-refractivity contribution in [3.05, 3.63) is 36.3 Å². The van der Waals surface area contributed by atoms with Gasteiger partial charge in [0, 0.05) is 36.6 Å². The second-order valence-electron chi connectivity index (χ2n) is 7.47. The van der Waals surface area contributed by atoms with Gasteiger partial charge in [0.05, 0.1) is 17.9 Å². The summed E-state index contributed by atoms with van der Waals surface area (Å²) in [5, 5.41) is 4.60. The van der Waals surface area contributed by atoms with Crippen LogP contribution < -0.4 is 5.73 Å². The first-order chi connectivity index (χ1) is 12.3. The highest BCUT2D eigenvalue weighted by molar-refractivity contribution is 5.57. The summed E-state index contributed by atoms with van der Waals surface area (Å²) in [6.45, 7) is 2.51. The molecule has 1 saturated carbocycles. The van der Waals surface area contributed by atoms with E-state index in [1.807, 2.05) is 6.20 Å². The lowest BCUT2D eigenvalue weighted by Gasteiger charge is -2.35. The van der Waals surface area contributed by atoms with Crippen LogP contribution in [0.15, 0.2) is 30.6 Å². The van der Waals surface area contributed by atoms with E-state index >= 15 is 0 Å². The fourth-order valence-corrected chi connectivity index (χ4v) is 4.06. The van der Waals surface area contributed by atoms with Gasteiger partial charge in [-0.2, -0.15) is 5.10 Å². The maximum absolute atomic E-state index is 5.60. The third kappa shape index (κ3) is 3.77. The summed E-state index contributed by atoms with van der Waals surface area (Å²) in [4.78, 5) is 4.92. The minimum Gasteiger partial charge on any atom is -0.381 e. The molecule has 2 N–H and O–H groups in total. The number of rotatable bonds is 6. The summed E-state index contributed by atoms with van der Waals surface area (Å²) in [7, 11) is 0. The largest absolute Gasteiger partial charge is 0.381 e. The third-order valence-electron chi connectivity index (χ3n) is 5.71. The number of hydrogen-bond acceptors (Lipinski definition) is 4. The van der Waals surface area contributed by atoms with Gasteiger partial charge in [0.15, 0.2) is 0 Å². The zero-order valence-electron chi connectivity index (χ0n) is 14.8. The fourth-order valence-electron chi connectivity index (χ4n) is 4.06. The maximum atomic E-state index is 5.60. The van der Waals surface area contributed by atoms with E-state index in [9.17, 15) is 0 Å². The van der Waals surface area contributed by atoms with Crippen LogP contribution in [-0.4, -0.2) is 34.5 Å². The molecule has 1 saturated heterocycles. The lowest BCUT2D eigenvalue weighted by Crippen LogP contribution is -2.27. The normalized spacial score (nSPS) is 24.2. The van der Waals surface area contributed by atoms with Crippen LogP contribution in [0.3, 0.4) is 0 Å². The molecule has 0 unspecified atom stereocenters. The van der Waals surface area contributed by atoms with E-state index in [0.29, 0.717) is 12.0 Å². The molecule has 4 rings (SSSR count). The molecular weight excluding hydrogens is 312 g/mol. The minimum atomic E-state index is 0.527. The van der Waals surface area contributed by atoms with Gasteiger partial charge in [0.1, 0.15) is 0 Å². The molecule has 0 amide bonds. The number of aromatic nitrogens is 3. The van der Waals surface area contributed by atoms with Crippen LogP contribution in [0.1, 0.15) is 56.2 Å². The molecule has 2 fully saturated rings. The highest BCUT2D eigenvalue weighted by Crippen LogP contribution is 2.40. The molecule has 2 aromatic heterocycles. The van der Waals surface area contributed by atoms with Crippen molar-refractivity contribution in [2.24, 2.45) is 11.7 Å². The van der Waals surface area contributed by atoms with E-state index in [1.54, 1.807) is 0 Å². The fraction of sp³-hybridized carbons (Fsp3) is 0.600. The van der Waals surface area contributed by atoms with Crippen molar-refractivity contribution in [2.75, 3.05) is 19.8 Å². The van der Waals surface area contributed by atoms with Gasteiger partial charge in [-0.15, -0.1) is 0 Å². The van der Waals surface area contributed by atoms with E-state index in [4.69, 9.17) is 15.5 Å². The van der Waals surface area contributed by atoms with E-state index in [2.05, 4.69) is 34.2 Å². The number of nitrogens with zero attached hydrogens (tertiary/aromatic N) is 3. The quantitative estimate of drug-likeness (QED) is 0.873. The molecule has 0 aromatic carbocycles. The Bertz CT molecular complexity index is 687. The number of ether oxygens (including phenoxy) is 1. The first kappa shape index (κ1) is 16.7. The zero-order valence-corrected chi connectivity index (χ0v) is 14.8. The zero-order chi connectivity index (χ0) is 17.1. The lowest BCUT2D eigenvalue weighted by molar-refractivity contribution is 0.0845. The van der Waals surface area contributed by atoms with Crippen LogP contribution >= 0.6 is 0 Å². The highest BCUT2D eigenvalue weighted by Gasteiger charge is 2.30. The van der Waals surface area contributed by atoms with Crippen molar-refractivity contribution in [1.29, 1.82) is 0 Å². The molecule has 0 bridgehead atoms. The molecule has 134 valence electrons. The van der Waals surface area contributed by atoms with Gasteiger partial charge in [-0.3, -0.25) is 9.67 Å². The second kappa shape index (κ2) is 7.67. The van der Waals surface area contributed by atoms with Crippen LogP contribution in [-0.2, 0) is 4.74 Å². The second-order valence-corrected chi connectivity index (χ2v) is 7.47. The van der Waals surface area contributed by atoms with Crippen molar-refractivity contribution in [3.63, 3.8) is 0 Å². The average molecular weight is 340 g/mol.